The Morgan fingerprint density at radius 3 is 2.74 bits per heavy atom. The summed E-state index contributed by atoms with van der Waals surface area (Å²) in [6.07, 6.45) is 2.01. The zero-order valence-electron chi connectivity index (χ0n) is 13.3. The van der Waals surface area contributed by atoms with E-state index in [1.165, 1.54) is 0 Å². The molecule has 2 heterocycles. The lowest BCUT2D eigenvalue weighted by Crippen LogP contribution is -2.62. The molecule has 1 aromatic carbocycles. The average molecular weight is 315 g/mol. The van der Waals surface area contributed by atoms with Crippen molar-refractivity contribution in [2.24, 2.45) is 5.92 Å². The third-order valence-electron chi connectivity index (χ3n) is 4.96. The maximum absolute atomic E-state index is 13.0. The highest BCUT2D eigenvalue weighted by molar-refractivity contribution is 6.04. The Labute approximate surface area is 135 Å². The normalized spacial score (nSPS) is 26.7. The van der Waals surface area contributed by atoms with Gasteiger partial charge in [0.25, 0.3) is 0 Å². The van der Waals surface area contributed by atoms with E-state index in [-0.39, 0.29) is 18.3 Å². The Hall–Kier alpha value is -2.17. The van der Waals surface area contributed by atoms with Gasteiger partial charge in [-0.1, -0.05) is 30.3 Å². The zero-order valence-corrected chi connectivity index (χ0v) is 13.3. The van der Waals surface area contributed by atoms with E-state index in [0.29, 0.717) is 31.4 Å². The van der Waals surface area contributed by atoms with Gasteiger partial charge in [0.15, 0.2) is 11.3 Å². The first kappa shape index (κ1) is 15.7. The van der Waals surface area contributed by atoms with E-state index < -0.39 is 17.4 Å². The molecule has 2 aliphatic heterocycles. The molecule has 2 atom stereocenters. The van der Waals surface area contributed by atoms with Crippen LogP contribution >= 0.6 is 0 Å². The smallest absolute Gasteiger partial charge is 0.332 e. The molecule has 0 saturated carbocycles. The van der Waals surface area contributed by atoms with Gasteiger partial charge in [-0.25, -0.2) is 4.79 Å². The first-order valence-electron chi connectivity index (χ1n) is 8.18. The molecule has 0 aromatic heterocycles. The number of amides is 1. The molecule has 0 aliphatic carbocycles. The summed E-state index contributed by atoms with van der Waals surface area (Å²) >= 11 is 0. The molecule has 0 spiro atoms. The van der Waals surface area contributed by atoms with Gasteiger partial charge in [-0.2, -0.15) is 0 Å². The Balaban J connectivity index is 2.01. The number of ketones is 1. The number of hydrogen-bond acceptors (Lipinski definition) is 4. The number of carbonyl (C=O) groups is 3. The van der Waals surface area contributed by atoms with Crippen molar-refractivity contribution >= 4 is 17.7 Å². The fourth-order valence-electron chi connectivity index (χ4n) is 3.93. The lowest BCUT2D eigenvalue weighted by atomic mass is 9.72. The molecular weight excluding hydrogens is 294 g/mol. The minimum Gasteiger partial charge on any atom is -0.464 e. The summed E-state index contributed by atoms with van der Waals surface area (Å²) in [6, 6.07) is 8.99. The van der Waals surface area contributed by atoms with Crippen molar-refractivity contribution in [1.82, 2.24) is 4.90 Å². The van der Waals surface area contributed by atoms with E-state index in [4.69, 9.17) is 4.74 Å². The largest absolute Gasteiger partial charge is 0.464 e. The van der Waals surface area contributed by atoms with Crippen molar-refractivity contribution in [1.29, 1.82) is 0 Å². The molecule has 2 saturated heterocycles. The van der Waals surface area contributed by atoms with Crippen molar-refractivity contribution < 1.29 is 19.1 Å². The Morgan fingerprint density at radius 2 is 2.04 bits per heavy atom. The fourth-order valence-corrected chi connectivity index (χ4v) is 3.93. The van der Waals surface area contributed by atoms with Crippen molar-refractivity contribution in [3.63, 3.8) is 0 Å². The zero-order chi connectivity index (χ0) is 16.4. The topological polar surface area (TPSA) is 63.7 Å². The van der Waals surface area contributed by atoms with Crippen LogP contribution < -0.4 is 0 Å². The second-order valence-corrected chi connectivity index (χ2v) is 6.12. The third kappa shape index (κ3) is 2.44. The third-order valence-corrected chi connectivity index (χ3v) is 4.96. The van der Waals surface area contributed by atoms with E-state index in [1.54, 1.807) is 24.0 Å². The summed E-state index contributed by atoms with van der Waals surface area (Å²) in [5.41, 5.74) is -0.527. The number of rotatable bonds is 4. The fraction of sp³-hybridized carbons (Fsp3) is 0.500. The van der Waals surface area contributed by atoms with Crippen LogP contribution in [0.25, 0.3) is 0 Å². The van der Waals surface area contributed by atoms with E-state index in [9.17, 15) is 14.4 Å². The van der Waals surface area contributed by atoms with Gasteiger partial charge >= 0.3 is 5.97 Å². The molecule has 5 heteroatoms. The Bertz CT molecular complexity index is 627. The standard InChI is InChI=1S/C18H21NO4/c1-2-23-17(22)18-11-10-15(20)19(18)12-6-9-14(18)16(21)13-7-4-3-5-8-13/h3-5,7-8,14H,2,6,9-12H2,1H3. The summed E-state index contributed by atoms with van der Waals surface area (Å²) in [5.74, 6) is -1.08. The first-order valence-corrected chi connectivity index (χ1v) is 8.18. The van der Waals surface area contributed by atoms with E-state index >= 15 is 0 Å². The molecule has 5 nitrogen and oxygen atoms in total. The van der Waals surface area contributed by atoms with Gasteiger partial charge in [0.2, 0.25) is 5.91 Å². The molecule has 1 amide bonds. The van der Waals surface area contributed by atoms with Gasteiger partial charge in [-0.15, -0.1) is 0 Å². The number of carbonyl (C=O) groups excluding carboxylic acids is 3. The van der Waals surface area contributed by atoms with Crippen molar-refractivity contribution in [2.45, 2.75) is 38.1 Å². The molecule has 122 valence electrons. The van der Waals surface area contributed by atoms with Crippen molar-refractivity contribution in [3.05, 3.63) is 35.9 Å². The van der Waals surface area contributed by atoms with Crippen LogP contribution in [0.5, 0.6) is 0 Å². The van der Waals surface area contributed by atoms with Crippen LogP contribution in [-0.4, -0.2) is 41.3 Å². The highest BCUT2D eigenvalue weighted by atomic mass is 16.5. The first-order chi connectivity index (χ1) is 11.1. The SMILES string of the molecule is CCOC(=O)C12CCC(=O)N1CCCC2C(=O)c1ccccc1. The van der Waals surface area contributed by atoms with Crippen LogP contribution in [0.4, 0.5) is 0 Å². The predicted molar refractivity (Wildman–Crippen MR) is 83.8 cm³/mol. The number of ether oxygens (including phenoxy) is 1. The van der Waals surface area contributed by atoms with Gasteiger partial charge in [0.05, 0.1) is 12.5 Å². The molecule has 0 N–H and O–H groups in total. The quantitative estimate of drug-likeness (QED) is 0.631. The molecule has 2 unspecified atom stereocenters. The number of nitrogens with zero attached hydrogens (tertiary/aromatic N) is 1. The summed E-state index contributed by atoms with van der Waals surface area (Å²) < 4.78 is 5.27. The van der Waals surface area contributed by atoms with E-state index in [1.807, 2.05) is 18.2 Å². The molecule has 23 heavy (non-hydrogen) atoms. The predicted octanol–water partition coefficient (Wildman–Crippen LogP) is 2.20. The van der Waals surface area contributed by atoms with Crippen LogP contribution in [0.1, 0.15) is 43.0 Å². The highest BCUT2D eigenvalue weighted by Crippen LogP contribution is 2.44. The lowest BCUT2D eigenvalue weighted by molar-refractivity contribution is -0.165. The van der Waals surface area contributed by atoms with Crippen molar-refractivity contribution in [2.75, 3.05) is 13.2 Å². The molecular formula is C18H21NO4. The second-order valence-electron chi connectivity index (χ2n) is 6.12. The van der Waals surface area contributed by atoms with E-state index in [0.717, 1.165) is 6.42 Å². The van der Waals surface area contributed by atoms with Crippen molar-refractivity contribution in [3.8, 4) is 0 Å². The number of hydrogen-bond donors (Lipinski definition) is 0. The number of fused-ring (bicyclic) bond motifs is 1. The summed E-state index contributed by atoms with van der Waals surface area (Å²) in [5, 5.41) is 0. The minimum absolute atomic E-state index is 0.0522. The van der Waals surface area contributed by atoms with Crippen LogP contribution in [0, 0.1) is 5.92 Å². The average Bonchev–Trinajstić information content (AvgIpc) is 2.93. The molecule has 0 bridgehead atoms. The van der Waals surface area contributed by atoms with Gasteiger partial charge in [-0.3, -0.25) is 9.59 Å². The number of piperidine rings is 1. The lowest BCUT2D eigenvalue weighted by Gasteiger charge is -2.45. The number of esters is 1. The Kier molecular flexibility index (Phi) is 4.20. The van der Waals surface area contributed by atoms with E-state index in [2.05, 4.69) is 0 Å². The van der Waals surface area contributed by atoms with Gasteiger partial charge < -0.3 is 9.64 Å². The minimum atomic E-state index is -1.11. The van der Waals surface area contributed by atoms with Crippen LogP contribution in [0.3, 0.4) is 0 Å². The molecule has 3 rings (SSSR count). The molecule has 0 radical (unpaired) electrons. The molecule has 2 aliphatic rings. The summed E-state index contributed by atoms with van der Waals surface area (Å²) in [4.78, 5) is 39.6. The number of benzene rings is 1. The summed E-state index contributed by atoms with van der Waals surface area (Å²) in [7, 11) is 0. The summed E-state index contributed by atoms with van der Waals surface area (Å²) in [6.45, 7) is 2.51. The van der Waals surface area contributed by atoms with Crippen LogP contribution in [0.15, 0.2) is 30.3 Å². The van der Waals surface area contributed by atoms with Gasteiger partial charge in [0.1, 0.15) is 0 Å². The maximum Gasteiger partial charge on any atom is 0.332 e. The van der Waals surface area contributed by atoms with Crippen LogP contribution in [-0.2, 0) is 14.3 Å². The Morgan fingerprint density at radius 1 is 1.30 bits per heavy atom. The molecule has 1 aromatic rings. The second kappa shape index (κ2) is 6.14. The van der Waals surface area contributed by atoms with Crippen LogP contribution in [0.2, 0.25) is 0 Å². The maximum atomic E-state index is 13.0. The monoisotopic (exact) mass is 315 g/mol. The molecule has 2 fully saturated rings. The van der Waals surface area contributed by atoms with Gasteiger partial charge in [-0.05, 0) is 26.2 Å². The highest BCUT2D eigenvalue weighted by Gasteiger charge is 2.60. The van der Waals surface area contributed by atoms with Gasteiger partial charge in [0, 0.05) is 18.5 Å². The number of Topliss-reactive ketones (excluding diaryl/α,β-unsaturated/α-hetero) is 1.